The van der Waals surface area contributed by atoms with Crippen molar-refractivity contribution in [2.75, 3.05) is 11.9 Å². The molecule has 0 bridgehead atoms. The molecule has 0 saturated carbocycles. The maximum absolute atomic E-state index is 12.8. The van der Waals surface area contributed by atoms with Gasteiger partial charge in [0.25, 0.3) is 0 Å². The van der Waals surface area contributed by atoms with Gasteiger partial charge in [0.05, 0.1) is 6.42 Å². The molecule has 34 heavy (non-hydrogen) atoms. The van der Waals surface area contributed by atoms with Crippen molar-refractivity contribution >= 4 is 46.2 Å². The number of ether oxygens (including phenoxy) is 1. The van der Waals surface area contributed by atoms with E-state index in [-0.39, 0.29) is 12.5 Å². The van der Waals surface area contributed by atoms with Gasteiger partial charge in [0, 0.05) is 15.2 Å². The highest BCUT2D eigenvalue weighted by Crippen LogP contribution is 2.44. The molecule has 3 aromatic rings. The fraction of sp³-hybridized carbons (Fsp3) is 0.192. The highest BCUT2D eigenvalue weighted by molar-refractivity contribution is 14.1. The predicted octanol–water partition coefficient (Wildman–Crippen LogP) is 4.92. The minimum atomic E-state index is -1.29. The Kier molecular flexibility index (Phi) is 7.16. The number of hydrogen-bond donors (Lipinski definition) is 3. The van der Waals surface area contributed by atoms with Crippen LogP contribution in [0.4, 0.5) is 10.5 Å². The number of alkyl carbamates (subject to hydrolysis) is 1. The van der Waals surface area contributed by atoms with E-state index in [2.05, 4.69) is 33.2 Å². The zero-order valence-corrected chi connectivity index (χ0v) is 20.5. The van der Waals surface area contributed by atoms with E-state index in [1.807, 2.05) is 67.6 Å². The van der Waals surface area contributed by atoms with Gasteiger partial charge in [-0.25, -0.2) is 4.79 Å². The van der Waals surface area contributed by atoms with Gasteiger partial charge >= 0.3 is 12.1 Å². The maximum atomic E-state index is 12.8. The third kappa shape index (κ3) is 5.22. The fourth-order valence-electron chi connectivity index (χ4n) is 4.11. The van der Waals surface area contributed by atoms with Gasteiger partial charge in [-0.05, 0) is 69.5 Å². The number of carbonyl (C=O) groups is 3. The molecule has 0 spiro atoms. The summed E-state index contributed by atoms with van der Waals surface area (Å²) in [5, 5.41) is 14.4. The smallest absolute Gasteiger partial charge is 0.407 e. The van der Waals surface area contributed by atoms with E-state index in [1.165, 1.54) is 0 Å². The first-order chi connectivity index (χ1) is 16.3. The lowest BCUT2D eigenvalue weighted by Crippen LogP contribution is -2.45. The summed E-state index contributed by atoms with van der Waals surface area (Å²) in [6.07, 6.45) is -1.42. The number of carbonyl (C=O) groups excluding carboxylic acids is 2. The molecule has 7 nitrogen and oxygen atoms in total. The quantitative estimate of drug-likeness (QED) is 0.350. The first-order valence-corrected chi connectivity index (χ1v) is 11.8. The van der Waals surface area contributed by atoms with Crippen LogP contribution in [0.1, 0.15) is 29.0 Å². The average Bonchev–Trinajstić information content (AvgIpc) is 3.13. The minimum absolute atomic E-state index is 0.0667. The number of hydrogen-bond acceptors (Lipinski definition) is 4. The number of carboxylic acids is 1. The van der Waals surface area contributed by atoms with Crippen LogP contribution in [0, 0.1) is 10.5 Å². The van der Waals surface area contributed by atoms with Crippen molar-refractivity contribution in [1.29, 1.82) is 0 Å². The van der Waals surface area contributed by atoms with Crippen molar-refractivity contribution in [2.24, 2.45) is 0 Å². The van der Waals surface area contributed by atoms with Gasteiger partial charge in [-0.3, -0.25) is 9.59 Å². The first kappa shape index (κ1) is 23.7. The van der Waals surface area contributed by atoms with Gasteiger partial charge in [-0.1, -0.05) is 54.6 Å². The van der Waals surface area contributed by atoms with Crippen LogP contribution in [-0.4, -0.2) is 35.7 Å². The average molecular weight is 570 g/mol. The molecule has 3 aromatic carbocycles. The lowest BCUT2D eigenvalue weighted by molar-refractivity contribution is -0.139. The van der Waals surface area contributed by atoms with Gasteiger partial charge < -0.3 is 20.5 Å². The Morgan fingerprint density at radius 1 is 1.00 bits per heavy atom. The summed E-state index contributed by atoms with van der Waals surface area (Å²) >= 11 is 2.12. The van der Waals surface area contributed by atoms with Gasteiger partial charge in [0.15, 0.2) is 0 Å². The zero-order chi connectivity index (χ0) is 24.2. The molecule has 1 atom stereocenters. The Morgan fingerprint density at radius 2 is 1.62 bits per heavy atom. The number of amides is 2. The van der Waals surface area contributed by atoms with Crippen molar-refractivity contribution in [3.63, 3.8) is 0 Å². The third-order valence-corrected chi connectivity index (χ3v) is 6.46. The Labute approximate surface area is 210 Å². The van der Waals surface area contributed by atoms with Crippen molar-refractivity contribution in [3.8, 4) is 11.1 Å². The molecule has 3 N–H and O–H groups in total. The molecule has 174 valence electrons. The van der Waals surface area contributed by atoms with E-state index in [1.54, 1.807) is 6.07 Å². The Hall–Kier alpha value is -3.40. The predicted molar refractivity (Wildman–Crippen MR) is 137 cm³/mol. The van der Waals surface area contributed by atoms with Crippen LogP contribution < -0.4 is 10.6 Å². The molecule has 8 heteroatoms. The van der Waals surface area contributed by atoms with Crippen LogP contribution in [0.2, 0.25) is 0 Å². The summed E-state index contributed by atoms with van der Waals surface area (Å²) < 4.78 is 6.39. The number of aliphatic carboxylic acids is 1. The number of rotatable bonds is 7. The van der Waals surface area contributed by atoms with Crippen LogP contribution in [0.25, 0.3) is 11.1 Å². The van der Waals surface area contributed by atoms with Crippen LogP contribution in [0.15, 0.2) is 66.7 Å². The first-order valence-electron chi connectivity index (χ1n) is 10.7. The molecular weight excluding hydrogens is 547 g/mol. The van der Waals surface area contributed by atoms with E-state index < -0.39 is 30.4 Å². The van der Waals surface area contributed by atoms with Crippen molar-refractivity contribution in [1.82, 2.24) is 5.32 Å². The molecule has 1 unspecified atom stereocenters. The van der Waals surface area contributed by atoms with E-state index in [0.29, 0.717) is 5.69 Å². The topological polar surface area (TPSA) is 105 Å². The standard InChI is InChI=1S/C26H23IN2O5/c1-15-10-11-16(27)12-22(15)28-25(32)23(13-24(30)31)29-26(33)34-14-21-19-8-4-2-6-17(19)18-7-3-5-9-20(18)21/h2-12,21,23H,13-14H2,1H3,(H,28,32)(H,29,33)(H,30,31). The molecule has 0 radical (unpaired) electrons. The number of halogens is 1. The fourth-order valence-corrected chi connectivity index (χ4v) is 4.61. The summed E-state index contributed by atoms with van der Waals surface area (Å²) in [6, 6.07) is 20.1. The van der Waals surface area contributed by atoms with Crippen molar-refractivity contribution in [2.45, 2.75) is 25.3 Å². The Bertz CT molecular complexity index is 1210. The highest BCUT2D eigenvalue weighted by Gasteiger charge is 2.30. The summed E-state index contributed by atoms with van der Waals surface area (Å²) in [5.41, 5.74) is 5.70. The second-order valence-electron chi connectivity index (χ2n) is 8.07. The normalized spacial score (nSPS) is 12.9. The van der Waals surface area contributed by atoms with Crippen molar-refractivity contribution in [3.05, 3.63) is 87.0 Å². The number of nitrogens with one attached hydrogen (secondary N) is 2. The molecule has 4 rings (SSSR count). The Balaban J connectivity index is 1.44. The Morgan fingerprint density at radius 3 is 2.24 bits per heavy atom. The number of benzene rings is 3. The monoisotopic (exact) mass is 570 g/mol. The molecule has 0 aromatic heterocycles. The SMILES string of the molecule is Cc1ccc(I)cc1NC(=O)C(CC(=O)O)NC(=O)OCC1c2ccccc2-c2ccccc21. The molecule has 1 aliphatic rings. The summed E-state index contributed by atoms with van der Waals surface area (Å²) in [6.45, 7) is 1.90. The molecular formula is C26H23IN2O5. The lowest BCUT2D eigenvalue weighted by atomic mass is 9.98. The van der Waals surface area contributed by atoms with Crippen molar-refractivity contribution < 1.29 is 24.2 Å². The van der Waals surface area contributed by atoms with Gasteiger partial charge in [0.1, 0.15) is 12.6 Å². The molecule has 2 amide bonds. The van der Waals surface area contributed by atoms with Crippen LogP contribution in [0.3, 0.4) is 0 Å². The van der Waals surface area contributed by atoms with Crippen LogP contribution >= 0.6 is 22.6 Å². The highest BCUT2D eigenvalue weighted by atomic mass is 127. The molecule has 0 aliphatic heterocycles. The number of fused-ring (bicyclic) bond motifs is 3. The number of carboxylic acid groups (broad SMARTS) is 1. The minimum Gasteiger partial charge on any atom is -0.481 e. The van der Waals surface area contributed by atoms with Crippen LogP contribution in [0.5, 0.6) is 0 Å². The van der Waals surface area contributed by atoms with E-state index in [4.69, 9.17) is 4.74 Å². The number of anilines is 1. The second kappa shape index (κ2) is 10.3. The third-order valence-electron chi connectivity index (χ3n) is 5.79. The van der Waals surface area contributed by atoms with E-state index in [9.17, 15) is 19.5 Å². The largest absolute Gasteiger partial charge is 0.481 e. The molecule has 0 saturated heterocycles. The zero-order valence-electron chi connectivity index (χ0n) is 18.4. The lowest BCUT2D eigenvalue weighted by Gasteiger charge is -2.19. The molecule has 1 aliphatic carbocycles. The maximum Gasteiger partial charge on any atom is 0.407 e. The second-order valence-corrected chi connectivity index (χ2v) is 9.31. The number of aryl methyl sites for hydroxylation is 1. The molecule has 0 fully saturated rings. The summed E-state index contributed by atoms with van der Waals surface area (Å²) in [5.74, 6) is -1.97. The van der Waals surface area contributed by atoms with Gasteiger partial charge in [-0.15, -0.1) is 0 Å². The van der Waals surface area contributed by atoms with Gasteiger partial charge in [0.2, 0.25) is 5.91 Å². The van der Waals surface area contributed by atoms with E-state index in [0.717, 1.165) is 31.4 Å². The van der Waals surface area contributed by atoms with Gasteiger partial charge in [-0.2, -0.15) is 0 Å². The summed E-state index contributed by atoms with van der Waals surface area (Å²) in [4.78, 5) is 36.7. The van der Waals surface area contributed by atoms with Crippen LogP contribution in [-0.2, 0) is 14.3 Å². The summed E-state index contributed by atoms with van der Waals surface area (Å²) in [7, 11) is 0. The van der Waals surface area contributed by atoms with E-state index >= 15 is 0 Å². The molecule has 0 heterocycles.